The van der Waals surface area contributed by atoms with Gasteiger partial charge < -0.3 is 14.9 Å². The zero-order valence-corrected chi connectivity index (χ0v) is 21.4. The molecule has 1 aromatic carbocycles. The molecule has 3 heterocycles. The molecular formula is C25H28N4O6S. The van der Waals surface area contributed by atoms with Crippen LogP contribution in [0.5, 0.6) is 5.75 Å². The highest BCUT2D eigenvalue weighted by molar-refractivity contribution is 7.90. The van der Waals surface area contributed by atoms with Crippen molar-refractivity contribution in [1.29, 1.82) is 0 Å². The fraction of sp³-hybridized carbons (Fsp3) is 0.400. The Morgan fingerprint density at radius 1 is 1.22 bits per heavy atom. The van der Waals surface area contributed by atoms with Crippen molar-refractivity contribution in [2.75, 3.05) is 12.1 Å². The molecule has 190 valence electrons. The van der Waals surface area contributed by atoms with Crippen LogP contribution in [0.1, 0.15) is 55.1 Å². The number of nitrogens with zero attached hydrogens (tertiary/aromatic N) is 4. The fourth-order valence-electron chi connectivity index (χ4n) is 4.78. The first-order valence-electron chi connectivity index (χ1n) is 11.9. The van der Waals surface area contributed by atoms with E-state index in [0.717, 1.165) is 15.2 Å². The van der Waals surface area contributed by atoms with E-state index >= 15 is 0 Å². The maximum absolute atomic E-state index is 13.1. The number of carbonyl (C=O) groups is 1. The summed E-state index contributed by atoms with van der Waals surface area (Å²) in [5.41, 5.74) is 3.27. The Morgan fingerprint density at radius 2 is 1.94 bits per heavy atom. The number of carboxylic acids is 1. The normalized spacial score (nSPS) is 15.1. The van der Waals surface area contributed by atoms with Crippen molar-refractivity contribution < 1.29 is 23.1 Å². The minimum absolute atomic E-state index is 0.00254. The highest BCUT2D eigenvalue weighted by Crippen LogP contribution is 2.41. The molecule has 2 aliphatic rings. The topological polar surface area (TPSA) is 124 Å². The summed E-state index contributed by atoms with van der Waals surface area (Å²) in [6.45, 7) is 6.28. The maximum atomic E-state index is 13.1. The molecule has 3 aromatic rings. The molecule has 1 saturated carbocycles. The second-order valence-corrected chi connectivity index (χ2v) is 11.5. The molecule has 1 N–H and O–H groups in total. The van der Waals surface area contributed by atoms with E-state index in [0.29, 0.717) is 53.9 Å². The molecular weight excluding hydrogens is 484 g/mol. The standard InChI is InChI=1S/C25H28N4O6S/c1-5-18-23-20-9-22(35-4)19(16-10-26-29(12-16)36(33,34)17-6-7-17)8-15(20)11-27(14(2)3)28(23)13-21(24(18)30)25(31)32/h8-10,12-14,17H,5-7,11H2,1-4H3,(H,31,32). The van der Waals surface area contributed by atoms with Crippen molar-refractivity contribution in [1.82, 2.24) is 13.9 Å². The molecule has 0 spiro atoms. The second kappa shape index (κ2) is 8.51. The monoisotopic (exact) mass is 512 g/mol. The van der Waals surface area contributed by atoms with Crippen molar-refractivity contribution in [2.24, 2.45) is 0 Å². The predicted octanol–water partition coefficient (Wildman–Crippen LogP) is 2.85. The molecule has 2 aromatic heterocycles. The second-order valence-electron chi connectivity index (χ2n) is 9.45. The third-order valence-corrected chi connectivity index (χ3v) is 8.87. The van der Waals surface area contributed by atoms with Crippen LogP contribution < -0.4 is 15.2 Å². The number of hydrogen-bond donors (Lipinski definition) is 1. The molecule has 0 radical (unpaired) electrons. The van der Waals surface area contributed by atoms with Gasteiger partial charge in [0.05, 0.1) is 37.0 Å². The van der Waals surface area contributed by atoms with Gasteiger partial charge in [0.15, 0.2) is 5.43 Å². The van der Waals surface area contributed by atoms with Crippen molar-refractivity contribution in [3.05, 3.63) is 57.6 Å². The highest BCUT2D eigenvalue weighted by Gasteiger charge is 2.38. The van der Waals surface area contributed by atoms with Gasteiger partial charge in [0, 0.05) is 34.5 Å². The van der Waals surface area contributed by atoms with E-state index < -0.39 is 21.4 Å². The third kappa shape index (κ3) is 3.69. The number of rotatable bonds is 7. The van der Waals surface area contributed by atoms with E-state index in [1.807, 2.05) is 37.9 Å². The molecule has 1 aliphatic heterocycles. The first-order valence-corrected chi connectivity index (χ1v) is 13.4. The fourth-order valence-corrected chi connectivity index (χ4v) is 6.25. The molecule has 5 rings (SSSR count). The molecule has 0 saturated heterocycles. The Hall–Kier alpha value is -3.60. The summed E-state index contributed by atoms with van der Waals surface area (Å²) in [6, 6.07) is 3.77. The first-order chi connectivity index (χ1) is 17.1. The average Bonchev–Trinajstić information content (AvgIpc) is 3.59. The Labute approximate surface area is 208 Å². The third-order valence-electron chi connectivity index (χ3n) is 6.83. The maximum Gasteiger partial charge on any atom is 0.341 e. The average molecular weight is 513 g/mol. The van der Waals surface area contributed by atoms with Crippen molar-refractivity contribution >= 4 is 16.0 Å². The number of ether oxygens (including phenoxy) is 1. The summed E-state index contributed by atoms with van der Waals surface area (Å²) in [4.78, 5) is 24.9. The Balaban J connectivity index is 1.72. The Bertz CT molecular complexity index is 1550. The number of methoxy groups -OCH3 is 1. The lowest BCUT2D eigenvalue weighted by Crippen LogP contribution is -2.45. The summed E-state index contributed by atoms with van der Waals surface area (Å²) < 4.78 is 33.8. The van der Waals surface area contributed by atoms with Crippen LogP contribution in [0, 0.1) is 0 Å². The van der Waals surface area contributed by atoms with Crippen LogP contribution >= 0.6 is 0 Å². The minimum atomic E-state index is -3.50. The number of aromatic nitrogens is 3. The highest BCUT2D eigenvalue weighted by atomic mass is 32.2. The molecule has 10 nitrogen and oxygen atoms in total. The quantitative estimate of drug-likeness (QED) is 0.513. The first kappa shape index (κ1) is 24.1. The van der Waals surface area contributed by atoms with Gasteiger partial charge in [-0.15, -0.1) is 0 Å². The van der Waals surface area contributed by atoms with Crippen LogP contribution in [0.4, 0.5) is 0 Å². The number of carboxylic acid groups (broad SMARTS) is 1. The van der Waals surface area contributed by atoms with E-state index in [1.54, 1.807) is 4.68 Å². The van der Waals surface area contributed by atoms with Crippen LogP contribution in [-0.4, -0.2) is 51.8 Å². The molecule has 36 heavy (non-hydrogen) atoms. The predicted molar refractivity (Wildman–Crippen MR) is 135 cm³/mol. The smallest absolute Gasteiger partial charge is 0.341 e. The van der Waals surface area contributed by atoms with Crippen LogP contribution in [-0.2, 0) is 23.0 Å². The summed E-state index contributed by atoms with van der Waals surface area (Å²) in [6.07, 6.45) is 6.07. The van der Waals surface area contributed by atoms with Gasteiger partial charge in [-0.1, -0.05) is 6.92 Å². The number of fused-ring (bicyclic) bond motifs is 3. The molecule has 1 fully saturated rings. The SMILES string of the molecule is CCc1c2n(cc(C(=O)O)c1=O)N(C(C)C)Cc1cc(-c3cnn(S(=O)(=O)C4CC4)c3)c(OC)cc1-2. The van der Waals surface area contributed by atoms with Gasteiger partial charge in [-0.05, 0) is 50.8 Å². The van der Waals surface area contributed by atoms with Gasteiger partial charge in [-0.3, -0.25) is 9.47 Å². The van der Waals surface area contributed by atoms with Gasteiger partial charge in [-0.2, -0.15) is 9.19 Å². The summed E-state index contributed by atoms with van der Waals surface area (Å²) in [7, 11) is -1.98. The Morgan fingerprint density at radius 3 is 2.53 bits per heavy atom. The molecule has 0 amide bonds. The van der Waals surface area contributed by atoms with Crippen LogP contribution in [0.25, 0.3) is 22.4 Å². The van der Waals surface area contributed by atoms with Gasteiger partial charge in [0.1, 0.15) is 11.3 Å². The summed E-state index contributed by atoms with van der Waals surface area (Å²) in [5, 5.41) is 15.4. The molecule has 11 heteroatoms. The van der Waals surface area contributed by atoms with Gasteiger partial charge >= 0.3 is 5.97 Å². The van der Waals surface area contributed by atoms with Crippen LogP contribution in [0.15, 0.2) is 35.5 Å². The lowest BCUT2D eigenvalue weighted by molar-refractivity contribution is 0.0694. The van der Waals surface area contributed by atoms with Crippen molar-refractivity contribution in [3.63, 3.8) is 0 Å². The van der Waals surface area contributed by atoms with E-state index in [-0.39, 0.29) is 16.9 Å². The summed E-state index contributed by atoms with van der Waals surface area (Å²) in [5.74, 6) is -0.760. The zero-order valence-electron chi connectivity index (χ0n) is 20.6. The van der Waals surface area contributed by atoms with Crippen LogP contribution in [0.3, 0.4) is 0 Å². The van der Waals surface area contributed by atoms with Gasteiger partial charge in [-0.25, -0.2) is 13.2 Å². The molecule has 1 aliphatic carbocycles. The lowest BCUT2D eigenvalue weighted by Gasteiger charge is -2.39. The molecule has 0 bridgehead atoms. The number of hydrogen-bond acceptors (Lipinski definition) is 7. The largest absolute Gasteiger partial charge is 0.496 e. The van der Waals surface area contributed by atoms with E-state index in [4.69, 9.17) is 4.74 Å². The van der Waals surface area contributed by atoms with Crippen LogP contribution in [0.2, 0.25) is 0 Å². The molecule has 0 atom stereocenters. The van der Waals surface area contributed by atoms with Crippen molar-refractivity contribution in [3.8, 4) is 28.1 Å². The number of pyridine rings is 1. The van der Waals surface area contributed by atoms with E-state index in [9.17, 15) is 23.1 Å². The number of aromatic carboxylic acids is 1. The zero-order chi connectivity index (χ0) is 25.9. The summed E-state index contributed by atoms with van der Waals surface area (Å²) >= 11 is 0. The van der Waals surface area contributed by atoms with E-state index in [2.05, 4.69) is 5.10 Å². The molecule has 0 unspecified atom stereocenters. The number of benzene rings is 1. The lowest BCUT2D eigenvalue weighted by atomic mass is 9.92. The van der Waals surface area contributed by atoms with Crippen molar-refractivity contribution in [2.45, 2.75) is 57.9 Å². The van der Waals surface area contributed by atoms with Gasteiger partial charge in [0.2, 0.25) is 0 Å². The van der Waals surface area contributed by atoms with E-state index in [1.165, 1.54) is 25.7 Å². The Kier molecular flexibility index (Phi) is 5.70. The minimum Gasteiger partial charge on any atom is -0.496 e. The van der Waals surface area contributed by atoms with Gasteiger partial charge in [0.25, 0.3) is 10.0 Å².